The van der Waals surface area contributed by atoms with E-state index in [-0.39, 0.29) is 13.0 Å². The maximum Gasteiger partial charge on any atom is 0.324 e. The molecular formula is C19H21N3O4S. The third kappa shape index (κ3) is 4.33. The van der Waals surface area contributed by atoms with E-state index in [0.29, 0.717) is 6.54 Å². The number of urea groups is 1. The molecule has 1 aliphatic rings. The van der Waals surface area contributed by atoms with Crippen LogP contribution in [0.5, 0.6) is 0 Å². The van der Waals surface area contributed by atoms with Gasteiger partial charge in [0.2, 0.25) is 0 Å². The molecule has 0 radical (unpaired) electrons. The third-order valence-corrected chi connectivity index (χ3v) is 5.18. The molecule has 27 heavy (non-hydrogen) atoms. The minimum absolute atomic E-state index is 0.0263. The Hall–Kier alpha value is -2.74. The maximum absolute atomic E-state index is 12.4. The molecule has 0 bridgehead atoms. The van der Waals surface area contributed by atoms with E-state index in [1.54, 1.807) is 0 Å². The van der Waals surface area contributed by atoms with Crippen LogP contribution in [0.25, 0.3) is 11.3 Å². The summed E-state index contributed by atoms with van der Waals surface area (Å²) in [7, 11) is 0. The lowest BCUT2D eigenvalue weighted by Gasteiger charge is -2.18. The summed E-state index contributed by atoms with van der Waals surface area (Å²) in [5, 5.41) is 3.40. The summed E-state index contributed by atoms with van der Waals surface area (Å²) in [4.78, 5) is 42.6. The van der Waals surface area contributed by atoms with Gasteiger partial charge in [-0.2, -0.15) is 0 Å². The quantitative estimate of drug-likeness (QED) is 0.796. The number of thiazole rings is 1. The molecule has 0 unspecified atom stereocenters. The van der Waals surface area contributed by atoms with E-state index in [4.69, 9.17) is 4.74 Å². The Balaban J connectivity index is 1.68. The Morgan fingerprint density at radius 1 is 1.30 bits per heavy atom. The number of carbonyl (C=O) groups is 3. The summed E-state index contributed by atoms with van der Waals surface area (Å²) < 4.78 is 5.26. The molecular weight excluding hydrogens is 366 g/mol. The number of benzene rings is 1. The number of esters is 1. The summed E-state index contributed by atoms with van der Waals surface area (Å²) in [6.07, 6.45) is -0.989. The fourth-order valence-electron chi connectivity index (χ4n) is 2.85. The minimum atomic E-state index is -1.02. The van der Waals surface area contributed by atoms with Crippen LogP contribution in [0, 0.1) is 13.8 Å². The summed E-state index contributed by atoms with van der Waals surface area (Å²) in [5.41, 5.74) is 2.84. The van der Waals surface area contributed by atoms with Crippen molar-refractivity contribution in [2.75, 3.05) is 13.1 Å². The van der Waals surface area contributed by atoms with Crippen molar-refractivity contribution in [3.05, 3.63) is 39.7 Å². The van der Waals surface area contributed by atoms with Crippen molar-refractivity contribution in [3.8, 4) is 11.3 Å². The van der Waals surface area contributed by atoms with Gasteiger partial charge in [-0.05, 0) is 20.8 Å². The van der Waals surface area contributed by atoms with Gasteiger partial charge in [0.25, 0.3) is 5.91 Å². The molecule has 1 atom stereocenters. The van der Waals surface area contributed by atoms with Gasteiger partial charge >= 0.3 is 12.0 Å². The molecule has 0 aliphatic carbocycles. The molecule has 2 heterocycles. The number of aromatic nitrogens is 1. The monoisotopic (exact) mass is 387 g/mol. The van der Waals surface area contributed by atoms with Crippen molar-refractivity contribution < 1.29 is 19.1 Å². The summed E-state index contributed by atoms with van der Waals surface area (Å²) in [5.74, 6) is -1.04. The van der Waals surface area contributed by atoms with Gasteiger partial charge in [0, 0.05) is 23.5 Å². The minimum Gasteiger partial charge on any atom is -0.452 e. The standard InChI is InChI=1S/C19H21N3O4S/c1-11-4-6-14(7-5-11)17-15(27-13(3)21-17)10-16(23)26-12(2)18(24)22-9-8-20-19(22)25/h4-7,12H,8-10H2,1-3H3,(H,20,25)/t12-/m0/s1. The van der Waals surface area contributed by atoms with Crippen LogP contribution < -0.4 is 5.32 Å². The molecule has 8 heteroatoms. The molecule has 0 saturated carbocycles. The summed E-state index contributed by atoms with van der Waals surface area (Å²) in [6, 6.07) is 7.47. The van der Waals surface area contributed by atoms with Crippen LogP contribution in [-0.4, -0.2) is 47.0 Å². The molecule has 1 aliphatic heterocycles. The second kappa shape index (κ2) is 7.87. The van der Waals surface area contributed by atoms with Crippen LogP contribution in [0.2, 0.25) is 0 Å². The molecule has 1 fully saturated rings. The number of ether oxygens (including phenoxy) is 1. The molecule has 3 amide bonds. The number of rotatable bonds is 5. The molecule has 7 nitrogen and oxygen atoms in total. The number of carbonyl (C=O) groups excluding carboxylic acids is 3. The molecule has 0 spiro atoms. The number of aryl methyl sites for hydroxylation is 2. The van der Waals surface area contributed by atoms with E-state index in [9.17, 15) is 14.4 Å². The third-order valence-electron chi connectivity index (χ3n) is 4.21. The fraction of sp³-hybridized carbons (Fsp3) is 0.368. The highest BCUT2D eigenvalue weighted by Gasteiger charge is 2.31. The van der Waals surface area contributed by atoms with Crippen LogP contribution in [0.15, 0.2) is 24.3 Å². The molecule has 2 aromatic rings. The van der Waals surface area contributed by atoms with Crippen molar-refractivity contribution in [3.63, 3.8) is 0 Å². The predicted molar refractivity (Wildman–Crippen MR) is 101 cm³/mol. The van der Waals surface area contributed by atoms with Gasteiger partial charge in [0.15, 0.2) is 6.10 Å². The van der Waals surface area contributed by atoms with Crippen LogP contribution in [0.1, 0.15) is 22.4 Å². The first-order valence-corrected chi connectivity index (χ1v) is 9.49. The van der Waals surface area contributed by atoms with Gasteiger partial charge in [-0.25, -0.2) is 9.78 Å². The Labute approximate surface area is 161 Å². The SMILES string of the molecule is Cc1ccc(-c2nc(C)sc2CC(=O)O[C@@H](C)C(=O)N2CCNC2=O)cc1. The van der Waals surface area contributed by atoms with Gasteiger partial charge in [0.05, 0.1) is 17.1 Å². The maximum atomic E-state index is 12.4. The predicted octanol–water partition coefficient (Wildman–Crippen LogP) is 2.45. The lowest BCUT2D eigenvalue weighted by molar-refractivity contribution is -0.156. The first kappa shape index (κ1) is 19.0. The van der Waals surface area contributed by atoms with Gasteiger partial charge in [-0.3, -0.25) is 14.5 Å². The Kier molecular flexibility index (Phi) is 5.55. The Bertz CT molecular complexity index is 876. The smallest absolute Gasteiger partial charge is 0.324 e. The average Bonchev–Trinajstić information content (AvgIpc) is 3.20. The van der Waals surface area contributed by atoms with Gasteiger partial charge in [0.1, 0.15) is 0 Å². The van der Waals surface area contributed by atoms with Gasteiger partial charge in [-0.15, -0.1) is 11.3 Å². The van der Waals surface area contributed by atoms with Crippen LogP contribution in [0.4, 0.5) is 4.79 Å². The number of hydrogen-bond donors (Lipinski definition) is 1. The number of amides is 3. The zero-order valence-corrected chi connectivity index (χ0v) is 16.3. The van der Waals surface area contributed by atoms with E-state index >= 15 is 0 Å². The second-order valence-corrected chi connectivity index (χ2v) is 7.69. The molecule has 3 rings (SSSR count). The van der Waals surface area contributed by atoms with Gasteiger partial charge in [-0.1, -0.05) is 29.8 Å². The average molecular weight is 387 g/mol. The Morgan fingerprint density at radius 3 is 2.63 bits per heavy atom. The van der Waals surface area contributed by atoms with Crippen molar-refractivity contribution >= 4 is 29.2 Å². The van der Waals surface area contributed by atoms with E-state index < -0.39 is 24.0 Å². The number of nitrogens with one attached hydrogen (secondary N) is 1. The molecule has 1 aromatic heterocycles. The Morgan fingerprint density at radius 2 is 2.00 bits per heavy atom. The first-order valence-electron chi connectivity index (χ1n) is 8.67. The van der Waals surface area contributed by atoms with Crippen molar-refractivity contribution in [2.45, 2.75) is 33.3 Å². The highest BCUT2D eigenvalue weighted by Crippen LogP contribution is 2.29. The first-order chi connectivity index (χ1) is 12.8. The normalized spacial score (nSPS) is 14.8. The molecule has 1 aromatic carbocycles. The van der Waals surface area contributed by atoms with Crippen LogP contribution in [-0.2, 0) is 20.7 Å². The van der Waals surface area contributed by atoms with Crippen molar-refractivity contribution in [1.82, 2.24) is 15.2 Å². The topological polar surface area (TPSA) is 88.6 Å². The number of nitrogens with zero attached hydrogens (tertiary/aromatic N) is 2. The van der Waals surface area contributed by atoms with E-state index in [2.05, 4.69) is 10.3 Å². The summed E-state index contributed by atoms with van der Waals surface area (Å²) in [6.45, 7) is 6.06. The summed E-state index contributed by atoms with van der Waals surface area (Å²) >= 11 is 1.43. The zero-order chi connectivity index (χ0) is 19.6. The zero-order valence-electron chi connectivity index (χ0n) is 15.4. The second-order valence-electron chi connectivity index (χ2n) is 6.40. The van der Waals surface area contributed by atoms with E-state index in [1.165, 1.54) is 18.3 Å². The molecule has 142 valence electrons. The van der Waals surface area contributed by atoms with Crippen molar-refractivity contribution in [1.29, 1.82) is 0 Å². The highest BCUT2D eigenvalue weighted by molar-refractivity contribution is 7.12. The fourth-order valence-corrected chi connectivity index (χ4v) is 3.79. The number of hydrogen-bond acceptors (Lipinski definition) is 6. The largest absolute Gasteiger partial charge is 0.452 e. The van der Waals surface area contributed by atoms with Crippen LogP contribution >= 0.6 is 11.3 Å². The highest BCUT2D eigenvalue weighted by atomic mass is 32.1. The lowest BCUT2D eigenvalue weighted by atomic mass is 10.1. The lowest BCUT2D eigenvalue weighted by Crippen LogP contribution is -2.42. The molecule has 1 N–H and O–H groups in total. The van der Waals surface area contributed by atoms with Crippen LogP contribution in [0.3, 0.4) is 0 Å². The number of imide groups is 1. The van der Waals surface area contributed by atoms with Gasteiger partial charge < -0.3 is 10.1 Å². The molecule has 1 saturated heterocycles. The van der Waals surface area contributed by atoms with E-state index in [1.807, 2.05) is 38.1 Å². The van der Waals surface area contributed by atoms with E-state index in [0.717, 1.165) is 31.6 Å². The van der Waals surface area contributed by atoms with Crippen molar-refractivity contribution in [2.24, 2.45) is 0 Å².